The lowest BCUT2D eigenvalue weighted by atomic mass is 9.77. The minimum absolute atomic E-state index is 0.00810. The van der Waals surface area contributed by atoms with Gasteiger partial charge in [-0.2, -0.15) is 5.10 Å². The van der Waals surface area contributed by atoms with Crippen molar-refractivity contribution in [2.45, 2.75) is 42.2 Å². The second kappa shape index (κ2) is 13.9. The Morgan fingerprint density at radius 1 is 1.16 bits per heavy atom. The SMILES string of the molecule is CN(C)[C@H]1C[C@@H](c2cccc(-c3cnn(C)c3)c2)CC[C@@H]1Nc1cc(F)c(S(=O)(=O)Nc2ccncn2)cc1Cl.O=CO. The maximum Gasteiger partial charge on any atom is 0.290 e. The Morgan fingerprint density at radius 3 is 2.58 bits per heavy atom. The molecule has 0 spiro atoms. The van der Waals surface area contributed by atoms with Gasteiger partial charge in [-0.15, -0.1) is 0 Å². The normalized spacial score (nSPS) is 18.4. The number of carbonyl (C=O) groups is 1. The number of hydrogen-bond donors (Lipinski definition) is 3. The van der Waals surface area contributed by atoms with Crippen LogP contribution < -0.4 is 10.0 Å². The molecule has 228 valence electrons. The van der Waals surface area contributed by atoms with Crippen LogP contribution in [-0.4, -0.2) is 70.8 Å². The fourth-order valence-electron chi connectivity index (χ4n) is 5.32. The molecule has 4 aromatic rings. The molecular weight excluding hydrogens is 597 g/mol. The van der Waals surface area contributed by atoms with E-state index in [9.17, 15) is 8.42 Å². The number of likely N-dealkylation sites (N-methyl/N-ethyl adjacent to an activating group) is 1. The van der Waals surface area contributed by atoms with Gasteiger partial charge in [-0.25, -0.2) is 22.8 Å². The molecule has 2 aromatic carbocycles. The van der Waals surface area contributed by atoms with Crippen molar-refractivity contribution in [2.75, 3.05) is 24.1 Å². The van der Waals surface area contributed by atoms with Crippen LogP contribution in [0.3, 0.4) is 0 Å². The monoisotopic (exact) mass is 629 g/mol. The number of nitrogens with one attached hydrogen (secondary N) is 2. The first-order valence-corrected chi connectivity index (χ1v) is 15.3. The fourth-order valence-corrected chi connectivity index (χ4v) is 6.70. The van der Waals surface area contributed by atoms with Crippen LogP contribution in [0.2, 0.25) is 5.02 Å². The average Bonchev–Trinajstić information content (AvgIpc) is 3.42. The first-order chi connectivity index (χ1) is 20.5. The molecule has 3 N–H and O–H groups in total. The van der Waals surface area contributed by atoms with Crippen molar-refractivity contribution in [3.05, 3.63) is 83.8 Å². The van der Waals surface area contributed by atoms with Gasteiger partial charge in [0, 0.05) is 37.1 Å². The number of sulfonamides is 1. The van der Waals surface area contributed by atoms with Crippen LogP contribution in [0.15, 0.2) is 72.3 Å². The van der Waals surface area contributed by atoms with Crippen molar-refractivity contribution in [3.8, 4) is 11.1 Å². The molecule has 0 radical (unpaired) electrons. The smallest absolute Gasteiger partial charge is 0.290 e. The summed E-state index contributed by atoms with van der Waals surface area (Å²) in [4.78, 5) is 17.6. The molecule has 0 unspecified atom stereocenters. The van der Waals surface area contributed by atoms with E-state index in [2.05, 4.69) is 54.3 Å². The second-order valence-electron chi connectivity index (χ2n) is 10.4. The van der Waals surface area contributed by atoms with Gasteiger partial charge in [0.25, 0.3) is 16.5 Å². The molecule has 0 saturated heterocycles. The number of aryl methyl sites for hydroxylation is 1. The number of rotatable bonds is 8. The number of hydrogen-bond acceptors (Lipinski definition) is 8. The third-order valence-corrected chi connectivity index (χ3v) is 9.03. The van der Waals surface area contributed by atoms with Gasteiger partial charge in [0.1, 0.15) is 22.9 Å². The molecule has 0 aliphatic heterocycles. The van der Waals surface area contributed by atoms with E-state index < -0.39 is 20.7 Å². The van der Waals surface area contributed by atoms with Crippen molar-refractivity contribution in [3.63, 3.8) is 0 Å². The molecule has 11 nitrogen and oxygen atoms in total. The van der Waals surface area contributed by atoms with Crippen LogP contribution >= 0.6 is 11.6 Å². The van der Waals surface area contributed by atoms with E-state index in [0.29, 0.717) is 11.6 Å². The van der Waals surface area contributed by atoms with Gasteiger partial charge in [0.15, 0.2) is 0 Å². The zero-order valence-electron chi connectivity index (χ0n) is 23.9. The molecule has 0 bridgehead atoms. The minimum Gasteiger partial charge on any atom is -0.483 e. The fraction of sp³-hybridized carbons (Fsp3) is 0.310. The van der Waals surface area contributed by atoms with E-state index in [0.717, 1.165) is 42.5 Å². The molecule has 1 saturated carbocycles. The average molecular weight is 630 g/mol. The molecule has 2 aromatic heterocycles. The quantitative estimate of drug-likeness (QED) is 0.233. The van der Waals surface area contributed by atoms with Crippen LogP contribution in [0.25, 0.3) is 11.1 Å². The lowest BCUT2D eigenvalue weighted by Gasteiger charge is -2.41. The predicted octanol–water partition coefficient (Wildman–Crippen LogP) is 4.85. The van der Waals surface area contributed by atoms with E-state index in [1.807, 2.05) is 33.5 Å². The highest BCUT2D eigenvalue weighted by molar-refractivity contribution is 7.92. The number of nitrogens with zero attached hydrogens (tertiary/aromatic N) is 5. The zero-order chi connectivity index (χ0) is 31.1. The van der Waals surface area contributed by atoms with E-state index in [1.165, 1.54) is 24.2 Å². The first kappa shape index (κ1) is 31.9. The standard InChI is InChI=1S/C28H31ClFN7O2S.CH2O2/c1-36(2)26-12-20(18-5-4-6-19(11-18)21-15-33-37(3)16-21)7-8-24(26)34-25-14-23(30)27(13-22(25)29)40(38,39)35-28-9-10-31-17-32-28;2-1-3/h4-6,9-11,13-17,20,24,26,34H,7-8,12H2,1-3H3,(H,31,32,35);1H,(H,2,3)/t20-,24-,26-;/m0./s1. The van der Waals surface area contributed by atoms with Gasteiger partial charge in [-0.05, 0) is 68.6 Å². The Hall–Kier alpha value is -4.07. The van der Waals surface area contributed by atoms with Crippen molar-refractivity contribution >= 4 is 39.6 Å². The van der Waals surface area contributed by atoms with Gasteiger partial charge in [0.2, 0.25) is 0 Å². The molecule has 14 heteroatoms. The molecular formula is C29H33ClFN7O4S. The number of aromatic nitrogens is 4. The van der Waals surface area contributed by atoms with Crippen molar-refractivity contribution in [1.29, 1.82) is 0 Å². The third kappa shape index (κ3) is 7.86. The molecule has 1 aliphatic rings. The molecule has 1 aliphatic carbocycles. The molecule has 5 rings (SSSR count). The first-order valence-electron chi connectivity index (χ1n) is 13.4. The van der Waals surface area contributed by atoms with E-state index in [4.69, 9.17) is 21.5 Å². The third-order valence-electron chi connectivity index (χ3n) is 7.35. The van der Waals surface area contributed by atoms with Crippen LogP contribution in [0.5, 0.6) is 0 Å². The summed E-state index contributed by atoms with van der Waals surface area (Å²) < 4.78 is 44.8. The summed E-state index contributed by atoms with van der Waals surface area (Å²) >= 11 is 6.49. The Morgan fingerprint density at radius 2 is 1.93 bits per heavy atom. The highest BCUT2D eigenvalue weighted by Crippen LogP contribution is 2.38. The zero-order valence-corrected chi connectivity index (χ0v) is 25.4. The van der Waals surface area contributed by atoms with Crippen LogP contribution in [0.1, 0.15) is 30.7 Å². The number of halogens is 2. The summed E-state index contributed by atoms with van der Waals surface area (Å²) in [7, 11) is 1.73. The number of carboxylic acid groups (broad SMARTS) is 1. The maximum atomic E-state index is 15.1. The van der Waals surface area contributed by atoms with Crippen molar-refractivity contribution in [1.82, 2.24) is 24.6 Å². The van der Waals surface area contributed by atoms with Gasteiger partial charge < -0.3 is 15.3 Å². The Labute approximate surface area is 254 Å². The number of anilines is 2. The van der Waals surface area contributed by atoms with Crippen LogP contribution in [0.4, 0.5) is 15.9 Å². The van der Waals surface area contributed by atoms with E-state index >= 15 is 4.39 Å². The minimum atomic E-state index is -4.24. The van der Waals surface area contributed by atoms with Crippen molar-refractivity contribution < 1.29 is 22.7 Å². The summed E-state index contributed by atoms with van der Waals surface area (Å²) in [5.41, 5.74) is 3.85. The topological polar surface area (TPSA) is 142 Å². The molecule has 0 amide bonds. The van der Waals surface area contributed by atoms with Crippen LogP contribution in [-0.2, 0) is 21.9 Å². The Bertz CT molecular complexity index is 1650. The van der Waals surface area contributed by atoms with Gasteiger partial charge in [0.05, 0.1) is 16.9 Å². The second-order valence-corrected chi connectivity index (χ2v) is 12.4. The summed E-state index contributed by atoms with van der Waals surface area (Å²) in [6.07, 6.45) is 9.13. The molecule has 1 fully saturated rings. The lowest BCUT2D eigenvalue weighted by molar-refractivity contribution is -0.122. The molecule has 43 heavy (non-hydrogen) atoms. The molecule has 2 heterocycles. The van der Waals surface area contributed by atoms with Gasteiger partial charge in [-0.1, -0.05) is 35.9 Å². The van der Waals surface area contributed by atoms with Crippen molar-refractivity contribution in [2.24, 2.45) is 7.05 Å². The number of benzene rings is 2. The van der Waals surface area contributed by atoms with E-state index in [-0.39, 0.29) is 29.4 Å². The highest BCUT2D eigenvalue weighted by Gasteiger charge is 2.33. The van der Waals surface area contributed by atoms with E-state index in [1.54, 1.807) is 4.68 Å². The summed E-state index contributed by atoms with van der Waals surface area (Å²) in [6.45, 7) is -0.250. The van der Waals surface area contributed by atoms with Gasteiger partial charge in [-0.3, -0.25) is 14.2 Å². The molecule has 3 atom stereocenters. The predicted molar refractivity (Wildman–Crippen MR) is 163 cm³/mol. The lowest BCUT2D eigenvalue weighted by Crippen LogP contribution is -2.47. The Balaban J connectivity index is 0.00000135. The highest BCUT2D eigenvalue weighted by atomic mass is 35.5. The summed E-state index contributed by atoms with van der Waals surface area (Å²) in [6, 6.07) is 12.4. The Kier molecular flexibility index (Phi) is 10.3. The van der Waals surface area contributed by atoms with Gasteiger partial charge >= 0.3 is 0 Å². The van der Waals surface area contributed by atoms with Crippen LogP contribution in [0, 0.1) is 5.82 Å². The summed E-state index contributed by atoms with van der Waals surface area (Å²) in [5.74, 6) is -0.519. The summed E-state index contributed by atoms with van der Waals surface area (Å²) in [5, 5.41) is 14.7. The maximum absolute atomic E-state index is 15.1. The largest absolute Gasteiger partial charge is 0.483 e.